The van der Waals surface area contributed by atoms with Crippen LogP contribution in [0, 0.1) is 0 Å². The molecule has 2 aromatic carbocycles. The van der Waals surface area contributed by atoms with Gasteiger partial charge in [-0.1, -0.05) is 43.7 Å². The Balaban J connectivity index is 1.53. The van der Waals surface area contributed by atoms with E-state index in [1.807, 2.05) is 24.3 Å². The number of aryl methyl sites for hydroxylation is 1. The largest absolute Gasteiger partial charge is 0.368 e. The number of nitrogens with one attached hydrogen (secondary N) is 3. The molecule has 28 heavy (non-hydrogen) atoms. The summed E-state index contributed by atoms with van der Waals surface area (Å²) >= 11 is 0. The second-order valence-corrected chi connectivity index (χ2v) is 8.29. The third kappa shape index (κ3) is 4.76. The zero-order valence-corrected chi connectivity index (χ0v) is 16.6. The number of hydrogen-bond acceptors (Lipinski definition) is 5. The Kier molecular flexibility index (Phi) is 6.43. The highest BCUT2D eigenvalue weighted by Crippen LogP contribution is 2.16. The molecular formula is C20H24N4O3S. The van der Waals surface area contributed by atoms with Gasteiger partial charge < -0.3 is 5.32 Å². The van der Waals surface area contributed by atoms with Crippen LogP contribution >= 0.6 is 0 Å². The Labute approximate surface area is 164 Å². The lowest BCUT2D eigenvalue weighted by Gasteiger charge is -2.10. The summed E-state index contributed by atoms with van der Waals surface area (Å²) < 4.78 is 27.3. The van der Waals surface area contributed by atoms with Gasteiger partial charge in [0.2, 0.25) is 10.0 Å². The Bertz CT molecular complexity index is 1090. The summed E-state index contributed by atoms with van der Waals surface area (Å²) in [6.45, 7) is 2.90. The third-order valence-electron chi connectivity index (χ3n) is 4.41. The number of anilines is 1. The lowest BCUT2D eigenvalue weighted by molar-refractivity contribution is 0.580. The number of aromatic nitrogens is 2. The van der Waals surface area contributed by atoms with Crippen molar-refractivity contribution in [3.63, 3.8) is 0 Å². The summed E-state index contributed by atoms with van der Waals surface area (Å²) in [6.07, 6.45) is 2.53. The van der Waals surface area contributed by atoms with E-state index in [9.17, 15) is 13.2 Å². The lowest BCUT2D eigenvalue weighted by Crippen LogP contribution is -2.26. The van der Waals surface area contributed by atoms with E-state index in [4.69, 9.17) is 0 Å². The number of fused-ring (bicyclic) bond motifs is 1. The SMILES string of the molecule is CCCc1ccc(S(=O)(=O)NCCCNc2n[nH]c(=O)c3ccccc23)cc1. The normalized spacial score (nSPS) is 11.6. The van der Waals surface area contributed by atoms with Crippen LogP contribution in [0.15, 0.2) is 58.2 Å². The quantitative estimate of drug-likeness (QED) is 0.479. The maximum absolute atomic E-state index is 12.4. The van der Waals surface area contributed by atoms with Gasteiger partial charge in [0.25, 0.3) is 5.56 Å². The van der Waals surface area contributed by atoms with Crippen LogP contribution in [0.1, 0.15) is 25.3 Å². The number of nitrogens with zero attached hydrogens (tertiary/aromatic N) is 1. The summed E-state index contributed by atoms with van der Waals surface area (Å²) in [5, 5.41) is 10.9. The second-order valence-electron chi connectivity index (χ2n) is 6.52. The highest BCUT2D eigenvalue weighted by atomic mass is 32.2. The molecule has 0 aliphatic heterocycles. The van der Waals surface area contributed by atoms with Crippen molar-refractivity contribution in [3.8, 4) is 0 Å². The molecule has 0 atom stereocenters. The molecule has 0 amide bonds. The van der Waals surface area contributed by atoms with Gasteiger partial charge in [-0.25, -0.2) is 18.2 Å². The van der Waals surface area contributed by atoms with Crippen LogP contribution in [-0.4, -0.2) is 31.7 Å². The highest BCUT2D eigenvalue weighted by molar-refractivity contribution is 7.89. The van der Waals surface area contributed by atoms with E-state index in [-0.39, 0.29) is 10.5 Å². The molecule has 0 saturated carbocycles. The van der Waals surface area contributed by atoms with Gasteiger partial charge in [-0.3, -0.25) is 4.79 Å². The van der Waals surface area contributed by atoms with E-state index < -0.39 is 10.0 Å². The molecule has 0 unspecified atom stereocenters. The topological polar surface area (TPSA) is 104 Å². The molecule has 0 bridgehead atoms. The number of sulfonamides is 1. The monoisotopic (exact) mass is 400 g/mol. The van der Waals surface area contributed by atoms with Crippen molar-refractivity contribution in [2.24, 2.45) is 0 Å². The first-order valence-electron chi connectivity index (χ1n) is 9.31. The molecule has 8 heteroatoms. The molecular weight excluding hydrogens is 376 g/mol. The predicted molar refractivity (Wildman–Crippen MR) is 111 cm³/mol. The van der Waals surface area contributed by atoms with Gasteiger partial charge in [-0.05, 0) is 36.6 Å². The Hall–Kier alpha value is -2.71. The molecule has 148 valence electrons. The maximum atomic E-state index is 12.4. The van der Waals surface area contributed by atoms with Gasteiger partial charge in [0.05, 0.1) is 10.3 Å². The van der Waals surface area contributed by atoms with Crippen molar-refractivity contribution >= 4 is 26.6 Å². The van der Waals surface area contributed by atoms with Crippen molar-refractivity contribution in [1.82, 2.24) is 14.9 Å². The first-order chi connectivity index (χ1) is 13.5. The van der Waals surface area contributed by atoms with Gasteiger partial charge >= 0.3 is 0 Å². The first-order valence-corrected chi connectivity index (χ1v) is 10.8. The van der Waals surface area contributed by atoms with Crippen LogP contribution < -0.4 is 15.6 Å². The second kappa shape index (κ2) is 8.99. The molecule has 0 saturated heterocycles. The van der Waals surface area contributed by atoms with Crippen LogP contribution in [0.4, 0.5) is 5.82 Å². The van der Waals surface area contributed by atoms with Crippen molar-refractivity contribution in [2.45, 2.75) is 31.1 Å². The van der Waals surface area contributed by atoms with E-state index in [1.54, 1.807) is 24.3 Å². The zero-order valence-electron chi connectivity index (χ0n) is 15.7. The van der Waals surface area contributed by atoms with Crippen molar-refractivity contribution in [1.29, 1.82) is 0 Å². The molecule has 1 aromatic heterocycles. The standard InChI is InChI=1S/C20H24N4O3S/c1-2-6-15-9-11-16(12-10-15)28(26,27)22-14-5-13-21-19-17-7-3-4-8-18(17)20(25)24-23-19/h3-4,7-12,22H,2,5-6,13-14H2,1H3,(H,21,23)(H,24,25). The van der Waals surface area contributed by atoms with E-state index in [0.29, 0.717) is 30.7 Å². The summed E-state index contributed by atoms with van der Waals surface area (Å²) in [5.74, 6) is 0.574. The average Bonchev–Trinajstić information content (AvgIpc) is 2.70. The van der Waals surface area contributed by atoms with E-state index in [2.05, 4.69) is 27.2 Å². The molecule has 7 nitrogen and oxygen atoms in total. The van der Waals surface area contributed by atoms with Gasteiger partial charge in [0, 0.05) is 18.5 Å². The van der Waals surface area contributed by atoms with E-state index >= 15 is 0 Å². The number of rotatable bonds is 9. The Morgan fingerprint density at radius 2 is 1.71 bits per heavy atom. The van der Waals surface area contributed by atoms with Crippen LogP contribution in [0.25, 0.3) is 10.8 Å². The number of hydrogen-bond donors (Lipinski definition) is 3. The lowest BCUT2D eigenvalue weighted by atomic mass is 10.1. The summed E-state index contributed by atoms with van der Waals surface area (Å²) in [6, 6.07) is 14.2. The van der Waals surface area contributed by atoms with Crippen molar-refractivity contribution in [2.75, 3.05) is 18.4 Å². The van der Waals surface area contributed by atoms with Crippen LogP contribution in [0.5, 0.6) is 0 Å². The van der Waals surface area contributed by atoms with Gasteiger partial charge in [0.1, 0.15) is 0 Å². The Morgan fingerprint density at radius 1 is 1.00 bits per heavy atom. The first kappa shape index (κ1) is 20.0. The third-order valence-corrected chi connectivity index (χ3v) is 5.88. The fourth-order valence-electron chi connectivity index (χ4n) is 2.96. The molecule has 0 aliphatic carbocycles. The van der Waals surface area contributed by atoms with E-state index in [0.717, 1.165) is 23.8 Å². The highest BCUT2D eigenvalue weighted by Gasteiger charge is 2.13. The molecule has 3 aromatic rings. The Morgan fingerprint density at radius 3 is 2.43 bits per heavy atom. The molecule has 3 N–H and O–H groups in total. The predicted octanol–water partition coefficient (Wildman–Crippen LogP) is 2.66. The summed E-state index contributed by atoms with van der Waals surface area (Å²) in [7, 11) is -3.52. The minimum atomic E-state index is -3.52. The zero-order chi connectivity index (χ0) is 20.0. The maximum Gasteiger partial charge on any atom is 0.272 e. The smallest absolute Gasteiger partial charge is 0.272 e. The van der Waals surface area contributed by atoms with Gasteiger partial charge in [-0.15, -0.1) is 0 Å². The van der Waals surface area contributed by atoms with Gasteiger partial charge in [-0.2, -0.15) is 5.10 Å². The van der Waals surface area contributed by atoms with Crippen LogP contribution in [0.2, 0.25) is 0 Å². The van der Waals surface area contributed by atoms with Crippen LogP contribution in [-0.2, 0) is 16.4 Å². The van der Waals surface area contributed by atoms with E-state index in [1.165, 1.54) is 0 Å². The minimum Gasteiger partial charge on any atom is -0.368 e. The minimum absolute atomic E-state index is 0.237. The van der Waals surface area contributed by atoms with Crippen molar-refractivity contribution < 1.29 is 8.42 Å². The number of benzene rings is 2. The number of H-pyrrole nitrogens is 1. The number of aromatic amines is 1. The molecule has 3 rings (SSSR count). The molecule has 0 spiro atoms. The average molecular weight is 401 g/mol. The van der Waals surface area contributed by atoms with Gasteiger partial charge in [0.15, 0.2) is 5.82 Å². The fourth-order valence-corrected chi connectivity index (χ4v) is 4.03. The molecule has 0 aliphatic rings. The molecule has 0 radical (unpaired) electrons. The summed E-state index contributed by atoms with van der Waals surface area (Å²) in [4.78, 5) is 12.1. The molecule has 0 fully saturated rings. The van der Waals surface area contributed by atoms with Crippen LogP contribution in [0.3, 0.4) is 0 Å². The van der Waals surface area contributed by atoms with Crippen molar-refractivity contribution in [3.05, 3.63) is 64.4 Å². The summed E-state index contributed by atoms with van der Waals surface area (Å²) in [5.41, 5.74) is 0.894. The fraction of sp³-hybridized carbons (Fsp3) is 0.300. The molecule has 1 heterocycles.